The Morgan fingerprint density at radius 2 is 2.00 bits per heavy atom. The molecule has 0 bridgehead atoms. The molecule has 1 fully saturated rings. The van der Waals surface area contributed by atoms with E-state index >= 15 is 0 Å². The van der Waals surface area contributed by atoms with Crippen molar-refractivity contribution in [2.75, 3.05) is 6.54 Å². The molecule has 1 amide bonds. The fourth-order valence-electron chi connectivity index (χ4n) is 2.70. The van der Waals surface area contributed by atoms with Crippen LogP contribution in [0.4, 0.5) is 0 Å². The minimum Gasteiger partial charge on any atom is -0.336 e. The highest BCUT2D eigenvalue weighted by atomic mass is 16.2. The van der Waals surface area contributed by atoms with Gasteiger partial charge in [-0.15, -0.1) is 0 Å². The first-order valence-electron chi connectivity index (χ1n) is 7.04. The van der Waals surface area contributed by atoms with Crippen molar-refractivity contribution < 1.29 is 4.79 Å². The van der Waals surface area contributed by atoms with Gasteiger partial charge in [-0.2, -0.15) is 0 Å². The second-order valence-electron chi connectivity index (χ2n) is 5.48. The molecule has 0 radical (unpaired) electrons. The second kappa shape index (κ2) is 5.55. The molecule has 1 aliphatic rings. The smallest absolute Gasteiger partial charge is 0.254 e. The SMILES string of the molecule is CCC1CCCN1C(=O)c1ccc(C(C)C)cc1. The van der Waals surface area contributed by atoms with Crippen LogP contribution in [0.5, 0.6) is 0 Å². The van der Waals surface area contributed by atoms with Gasteiger partial charge in [-0.05, 0) is 42.9 Å². The summed E-state index contributed by atoms with van der Waals surface area (Å²) in [6.45, 7) is 7.43. The fourth-order valence-corrected chi connectivity index (χ4v) is 2.70. The first kappa shape index (κ1) is 13.1. The van der Waals surface area contributed by atoms with E-state index in [1.165, 1.54) is 5.56 Å². The largest absolute Gasteiger partial charge is 0.336 e. The zero-order valence-electron chi connectivity index (χ0n) is 11.6. The van der Waals surface area contributed by atoms with Crippen molar-refractivity contribution in [1.29, 1.82) is 0 Å². The van der Waals surface area contributed by atoms with E-state index in [2.05, 4.69) is 32.9 Å². The van der Waals surface area contributed by atoms with Gasteiger partial charge in [0.1, 0.15) is 0 Å². The minimum atomic E-state index is 0.203. The Morgan fingerprint density at radius 3 is 2.56 bits per heavy atom. The first-order chi connectivity index (χ1) is 8.63. The second-order valence-corrected chi connectivity index (χ2v) is 5.48. The number of nitrogens with zero attached hydrogens (tertiary/aromatic N) is 1. The van der Waals surface area contributed by atoms with Crippen molar-refractivity contribution in [2.24, 2.45) is 0 Å². The molecule has 1 unspecified atom stereocenters. The molecule has 1 aromatic carbocycles. The van der Waals surface area contributed by atoms with E-state index in [9.17, 15) is 4.79 Å². The normalized spacial score (nSPS) is 19.6. The molecule has 1 aromatic rings. The molecule has 1 heterocycles. The third-order valence-corrected chi connectivity index (χ3v) is 3.93. The predicted octanol–water partition coefficient (Wildman–Crippen LogP) is 3.82. The maximum absolute atomic E-state index is 12.4. The van der Waals surface area contributed by atoms with Gasteiger partial charge < -0.3 is 4.90 Å². The van der Waals surface area contributed by atoms with Crippen LogP contribution in [-0.4, -0.2) is 23.4 Å². The zero-order valence-corrected chi connectivity index (χ0v) is 11.6. The summed E-state index contributed by atoms with van der Waals surface area (Å²) in [6.07, 6.45) is 3.37. The number of likely N-dealkylation sites (tertiary alicyclic amines) is 1. The Morgan fingerprint density at radius 1 is 1.33 bits per heavy atom. The van der Waals surface area contributed by atoms with Crippen molar-refractivity contribution in [1.82, 2.24) is 4.90 Å². The summed E-state index contributed by atoms with van der Waals surface area (Å²) in [5, 5.41) is 0. The fraction of sp³-hybridized carbons (Fsp3) is 0.562. The van der Waals surface area contributed by atoms with Crippen LogP contribution in [0.3, 0.4) is 0 Å². The van der Waals surface area contributed by atoms with E-state index in [1.807, 2.05) is 17.0 Å². The molecule has 0 aromatic heterocycles. The molecule has 2 nitrogen and oxygen atoms in total. The lowest BCUT2D eigenvalue weighted by Gasteiger charge is -2.23. The topological polar surface area (TPSA) is 20.3 Å². The maximum Gasteiger partial charge on any atom is 0.254 e. The number of rotatable bonds is 3. The molecule has 0 spiro atoms. The Hall–Kier alpha value is -1.31. The van der Waals surface area contributed by atoms with Crippen molar-refractivity contribution in [2.45, 2.75) is 52.0 Å². The van der Waals surface area contributed by atoms with Gasteiger partial charge in [0, 0.05) is 18.2 Å². The van der Waals surface area contributed by atoms with E-state index in [1.54, 1.807) is 0 Å². The lowest BCUT2D eigenvalue weighted by Crippen LogP contribution is -2.35. The molecule has 0 saturated carbocycles. The summed E-state index contributed by atoms with van der Waals surface area (Å²) < 4.78 is 0. The molecule has 2 rings (SSSR count). The van der Waals surface area contributed by atoms with E-state index in [0.29, 0.717) is 12.0 Å². The van der Waals surface area contributed by atoms with E-state index in [-0.39, 0.29) is 5.91 Å². The highest BCUT2D eigenvalue weighted by Crippen LogP contribution is 2.23. The molecule has 98 valence electrons. The minimum absolute atomic E-state index is 0.203. The standard InChI is InChI=1S/C16H23NO/c1-4-15-6-5-11-17(15)16(18)14-9-7-13(8-10-14)12(2)3/h7-10,12,15H,4-6,11H2,1-3H3. The van der Waals surface area contributed by atoms with Crippen LogP contribution in [0.25, 0.3) is 0 Å². The van der Waals surface area contributed by atoms with Crippen LogP contribution in [-0.2, 0) is 0 Å². The Labute approximate surface area is 110 Å². The Balaban J connectivity index is 2.13. The van der Waals surface area contributed by atoms with Crippen molar-refractivity contribution in [3.63, 3.8) is 0 Å². The highest BCUT2D eigenvalue weighted by molar-refractivity contribution is 5.94. The van der Waals surface area contributed by atoms with Crippen LogP contribution in [0, 0.1) is 0 Å². The number of amides is 1. The van der Waals surface area contributed by atoms with Crippen LogP contribution in [0.2, 0.25) is 0 Å². The molecule has 18 heavy (non-hydrogen) atoms. The highest BCUT2D eigenvalue weighted by Gasteiger charge is 2.27. The number of carbonyl (C=O) groups excluding carboxylic acids is 1. The van der Waals surface area contributed by atoms with Crippen molar-refractivity contribution in [3.8, 4) is 0 Å². The van der Waals surface area contributed by atoms with Gasteiger partial charge in [0.2, 0.25) is 0 Å². The van der Waals surface area contributed by atoms with Gasteiger partial charge in [-0.1, -0.05) is 32.9 Å². The van der Waals surface area contributed by atoms with E-state index in [0.717, 1.165) is 31.4 Å². The van der Waals surface area contributed by atoms with Crippen molar-refractivity contribution >= 4 is 5.91 Å². The monoisotopic (exact) mass is 245 g/mol. The molecule has 1 aliphatic heterocycles. The molecule has 2 heteroatoms. The summed E-state index contributed by atoms with van der Waals surface area (Å²) in [5.74, 6) is 0.721. The zero-order chi connectivity index (χ0) is 13.1. The summed E-state index contributed by atoms with van der Waals surface area (Å²) in [7, 11) is 0. The summed E-state index contributed by atoms with van der Waals surface area (Å²) >= 11 is 0. The van der Waals surface area contributed by atoms with Crippen LogP contribution >= 0.6 is 0 Å². The number of hydrogen-bond acceptors (Lipinski definition) is 1. The van der Waals surface area contributed by atoms with Crippen LogP contribution in [0.15, 0.2) is 24.3 Å². The van der Waals surface area contributed by atoms with Crippen LogP contribution < -0.4 is 0 Å². The van der Waals surface area contributed by atoms with E-state index < -0.39 is 0 Å². The lowest BCUT2D eigenvalue weighted by molar-refractivity contribution is 0.0733. The lowest BCUT2D eigenvalue weighted by atomic mass is 10.0. The molecular formula is C16H23NO. The average molecular weight is 245 g/mol. The molecule has 1 saturated heterocycles. The molecule has 0 N–H and O–H groups in total. The molecule has 0 aliphatic carbocycles. The quantitative estimate of drug-likeness (QED) is 0.792. The third kappa shape index (κ3) is 2.58. The maximum atomic E-state index is 12.4. The third-order valence-electron chi connectivity index (χ3n) is 3.93. The van der Waals surface area contributed by atoms with Crippen LogP contribution in [0.1, 0.15) is 61.9 Å². The van der Waals surface area contributed by atoms with Gasteiger partial charge in [0.05, 0.1) is 0 Å². The first-order valence-corrected chi connectivity index (χ1v) is 7.04. The summed E-state index contributed by atoms with van der Waals surface area (Å²) in [5.41, 5.74) is 2.12. The van der Waals surface area contributed by atoms with Gasteiger partial charge in [0.15, 0.2) is 0 Å². The molecule has 1 atom stereocenters. The Kier molecular flexibility index (Phi) is 4.05. The van der Waals surface area contributed by atoms with Gasteiger partial charge >= 0.3 is 0 Å². The molecular weight excluding hydrogens is 222 g/mol. The Bertz CT molecular complexity index is 408. The summed E-state index contributed by atoms with van der Waals surface area (Å²) in [6, 6.07) is 8.55. The van der Waals surface area contributed by atoms with Gasteiger partial charge in [-0.25, -0.2) is 0 Å². The predicted molar refractivity (Wildman–Crippen MR) is 74.9 cm³/mol. The number of benzene rings is 1. The van der Waals surface area contributed by atoms with Gasteiger partial charge in [-0.3, -0.25) is 4.79 Å². The average Bonchev–Trinajstić information content (AvgIpc) is 2.86. The van der Waals surface area contributed by atoms with Gasteiger partial charge in [0.25, 0.3) is 5.91 Å². The number of hydrogen-bond donors (Lipinski definition) is 0. The van der Waals surface area contributed by atoms with Crippen molar-refractivity contribution in [3.05, 3.63) is 35.4 Å². The summed E-state index contributed by atoms with van der Waals surface area (Å²) in [4.78, 5) is 14.5. The number of carbonyl (C=O) groups is 1. The van der Waals surface area contributed by atoms with E-state index in [4.69, 9.17) is 0 Å².